The van der Waals surface area contributed by atoms with Gasteiger partial charge in [0.05, 0.1) is 6.33 Å². The van der Waals surface area contributed by atoms with E-state index in [0.29, 0.717) is 5.92 Å². The zero-order chi connectivity index (χ0) is 9.80. The highest BCUT2D eigenvalue weighted by molar-refractivity contribution is 5.18. The fourth-order valence-electron chi connectivity index (χ4n) is 1.60. The summed E-state index contributed by atoms with van der Waals surface area (Å²) in [5.41, 5.74) is 1.38. The predicted molar refractivity (Wildman–Crippen MR) is 57.1 cm³/mol. The van der Waals surface area contributed by atoms with Crippen molar-refractivity contribution in [1.82, 2.24) is 9.55 Å². The smallest absolute Gasteiger partial charge is 0.0946 e. The van der Waals surface area contributed by atoms with E-state index in [4.69, 9.17) is 0 Å². The van der Waals surface area contributed by atoms with Gasteiger partial charge in [0.2, 0.25) is 0 Å². The topological polar surface area (TPSA) is 17.8 Å². The molecule has 0 saturated carbocycles. The lowest BCUT2D eigenvalue weighted by atomic mass is 10.0. The SMILES string of the molecule is CC(Cn1ccnc1)c1ccccc1. The van der Waals surface area contributed by atoms with Crippen molar-refractivity contribution in [1.29, 1.82) is 0 Å². The maximum absolute atomic E-state index is 4.03. The van der Waals surface area contributed by atoms with E-state index in [0.717, 1.165) is 6.54 Å². The number of hydrogen-bond acceptors (Lipinski definition) is 1. The van der Waals surface area contributed by atoms with Crippen molar-refractivity contribution in [3.8, 4) is 0 Å². The summed E-state index contributed by atoms with van der Waals surface area (Å²) in [5.74, 6) is 0.533. The van der Waals surface area contributed by atoms with Crippen molar-refractivity contribution < 1.29 is 0 Å². The van der Waals surface area contributed by atoms with Gasteiger partial charge in [0.15, 0.2) is 0 Å². The Labute approximate surface area is 84.2 Å². The first-order valence-electron chi connectivity index (χ1n) is 4.87. The van der Waals surface area contributed by atoms with E-state index in [-0.39, 0.29) is 0 Å². The van der Waals surface area contributed by atoms with Gasteiger partial charge in [-0.3, -0.25) is 0 Å². The van der Waals surface area contributed by atoms with Gasteiger partial charge < -0.3 is 4.57 Å². The molecule has 2 aromatic rings. The number of rotatable bonds is 3. The van der Waals surface area contributed by atoms with Crippen LogP contribution < -0.4 is 0 Å². The molecule has 0 bridgehead atoms. The van der Waals surface area contributed by atoms with Gasteiger partial charge in [-0.1, -0.05) is 37.3 Å². The van der Waals surface area contributed by atoms with Crippen LogP contribution in [0.4, 0.5) is 0 Å². The zero-order valence-electron chi connectivity index (χ0n) is 8.30. The lowest BCUT2D eigenvalue weighted by Crippen LogP contribution is -2.03. The van der Waals surface area contributed by atoms with E-state index < -0.39 is 0 Å². The molecule has 1 unspecified atom stereocenters. The highest BCUT2D eigenvalue weighted by Crippen LogP contribution is 2.16. The summed E-state index contributed by atoms with van der Waals surface area (Å²) >= 11 is 0. The fourth-order valence-corrected chi connectivity index (χ4v) is 1.60. The fraction of sp³-hybridized carbons (Fsp3) is 0.250. The normalized spacial score (nSPS) is 12.6. The van der Waals surface area contributed by atoms with Gasteiger partial charge >= 0.3 is 0 Å². The molecule has 2 nitrogen and oxygen atoms in total. The molecule has 0 radical (unpaired) electrons. The summed E-state index contributed by atoms with van der Waals surface area (Å²) in [4.78, 5) is 4.03. The quantitative estimate of drug-likeness (QED) is 0.720. The highest BCUT2D eigenvalue weighted by Gasteiger charge is 2.04. The maximum atomic E-state index is 4.03. The van der Waals surface area contributed by atoms with Crippen LogP contribution in [0.2, 0.25) is 0 Å². The van der Waals surface area contributed by atoms with Gasteiger partial charge in [0.1, 0.15) is 0 Å². The van der Waals surface area contributed by atoms with Crippen molar-refractivity contribution in [2.75, 3.05) is 0 Å². The Morgan fingerprint density at radius 2 is 2.07 bits per heavy atom. The van der Waals surface area contributed by atoms with Crippen molar-refractivity contribution in [3.05, 3.63) is 54.6 Å². The minimum atomic E-state index is 0.533. The Bertz CT molecular complexity index is 364. The van der Waals surface area contributed by atoms with Crippen LogP contribution in [-0.2, 0) is 6.54 Å². The minimum Gasteiger partial charge on any atom is -0.337 e. The lowest BCUT2D eigenvalue weighted by molar-refractivity contribution is 0.597. The van der Waals surface area contributed by atoms with Crippen LogP contribution in [-0.4, -0.2) is 9.55 Å². The van der Waals surface area contributed by atoms with Crippen molar-refractivity contribution >= 4 is 0 Å². The van der Waals surface area contributed by atoms with E-state index in [2.05, 4.69) is 40.7 Å². The molecular weight excluding hydrogens is 172 g/mol. The molecule has 1 aromatic heterocycles. The van der Waals surface area contributed by atoms with Gasteiger partial charge in [-0.25, -0.2) is 4.98 Å². The average molecular weight is 186 g/mol. The van der Waals surface area contributed by atoms with Crippen molar-refractivity contribution in [2.45, 2.75) is 19.4 Å². The Morgan fingerprint density at radius 1 is 1.29 bits per heavy atom. The van der Waals surface area contributed by atoms with E-state index in [9.17, 15) is 0 Å². The third-order valence-electron chi connectivity index (χ3n) is 2.41. The summed E-state index contributed by atoms with van der Waals surface area (Å²) < 4.78 is 2.11. The molecule has 1 heterocycles. The largest absolute Gasteiger partial charge is 0.337 e. The van der Waals surface area contributed by atoms with Gasteiger partial charge in [-0.2, -0.15) is 0 Å². The number of hydrogen-bond donors (Lipinski definition) is 0. The maximum Gasteiger partial charge on any atom is 0.0946 e. The summed E-state index contributed by atoms with van der Waals surface area (Å²) in [6.45, 7) is 3.22. The van der Waals surface area contributed by atoms with Crippen molar-refractivity contribution in [2.24, 2.45) is 0 Å². The molecule has 2 rings (SSSR count). The third-order valence-corrected chi connectivity index (χ3v) is 2.41. The molecule has 0 aliphatic rings. The number of aromatic nitrogens is 2. The molecule has 0 spiro atoms. The molecule has 2 heteroatoms. The second kappa shape index (κ2) is 4.09. The van der Waals surface area contributed by atoms with E-state index in [1.807, 2.05) is 24.8 Å². The number of imidazole rings is 1. The van der Waals surface area contributed by atoms with Crippen LogP contribution in [0.5, 0.6) is 0 Å². The average Bonchev–Trinajstić information content (AvgIpc) is 2.72. The molecule has 0 N–H and O–H groups in total. The summed E-state index contributed by atoms with van der Waals surface area (Å²) in [6.07, 6.45) is 5.68. The molecule has 0 fully saturated rings. The molecule has 0 saturated heterocycles. The first-order valence-corrected chi connectivity index (χ1v) is 4.87. The van der Waals surface area contributed by atoms with Gasteiger partial charge in [0, 0.05) is 18.9 Å². The van der Waals surface area contributed by atoms with Crippen LogP contribution in [0.15, 0.2) is 49.1 Å². The van der Waals surface area contributed by atoms with Gasteiger partial charge in [-0.05, 0) is 11.5 Å². The van der Waals surface area contributed by atoms with Crippen LogP contribution >= 0.6 is 0 Å². The molecule has 14 heavy (non-hydrogen) atoms. The molecule has 0 aliphatic carbocycles. The summed E-state index contributed by atoms with van der Waals surface area (Å²) in [6, 6.07) is 10.6. The molecule has 0 amide bonds. The van der Waals surface area contributed by atoms with Gasteiger partial charge in [0.25, 0.3) is 0 Å². The Kier molecular flexibility index (Phi) is 2.63. The zero-order valence-corrected chi connectivity index (χ0v) is 8.30. The van der Waals surface area contributed by atoms with Crippen LogP contribution in [0.25, 0.3) is 0 Å². The van der Waals surface area contributed by atoms with Crippen molar-refractivity contribution in [3.63, 3.8) is 0 Å². The minimum absolute atomic E-state index is 0.533. The predicted octanol–water partition coefficient (Wildman–Crippen LogP) is 2.69. The highest BCUT2D eigenvalue weighted by atomic mass is 15.0. The molecule has 0 aliphatic heterocycles. The second-order valence-corrected chi connectivity index (χ2v) is 3.57. The lowest BCUT2D eigenvalue weighted by Gasteiger charge is -2.11. The molecule has 72 valence electrons. The number of benzene rings is 1. The molecule has 1 atom stereocenters. The van der Waals surface area contributed by atoms with Crippen LogP contribution in [0.3, 0.4) is 0 Å². The van der Waals surface area contributed by atoms with Gasteiger partial charge in [-0.15, -0.1) is 0 Å². The van der Waals surface area contributed by atoms with Crippen LogP contribution in [0.1, 0.15) is 18.4 Å². The van der Waals surface area contributed by atoms with E-state index >= 15 is 0 Å². The Morgan fingerprint density at radius 3 is 2.71 bits per heavy atom. The first-order chi connectivity index (χ1) is 6.86. The molecule has 1 aromatic carbocycles. The molecular formula is C12H14N2. The monoisotopic (exact) mass is 186 g/mol. The van der Waals surface area contributed by atoms with Crippen LogP contribution in [0, 0.1) is 0 Å². The number of nitrogens with zero attached hydrogens (tertiary/aromatic N) is 2. The standard InChI is InChI=1S/C12H14N2/c1-11(9-14-8-7-13-10-14)12-5-3-2-4-6-12/h2-8,10-11H,9H2,1H3. The second-order valence-electron chi connectivity index (χ2n) is 3.57. The third kappa shape index (κ3) is 2.02. The Hall–Kier alpha value is -1.57. The van der Waals surface area contributed by atoms with E-state index in [1.165, 1.54) is 5.56 Å². The Balaban J connectivity index is 2.07. The summed E-state index contributed by atoms with van der Waals surface area (Å²) in [7, 11) is 0. The summed E-state index contributed by atoms with van der Waals surface area (Å²) in [5, 5.41) is 0. The van der Waals surface area contributed by atoms with E-state index in [1.54, 1.807) is 0 Å². The first kappa shape index (κ1) is 9.00.